The van der Waals surface area contributed by atoms with Crippen molar-refractivity contribution in [1.82, 2.24) is 0 Å². The van der Waals surface area contributed by atoms with E-state index in [0.717, 1.165) is 24.3 Å². The van der Waals surface area contributed by atoms with Crippen LogP contribution in [-0.2, 0) is 11.0 Å². The molecule has 1 aromatic rings. The number of Topliss-reactive ketones (excluding diaryl/α,β-unsaturated/α-hetero) is 2. The van der Waals surface area contributed by atoms with E-state index >= 15 is 0 Å². The maximum Gasteiger partial charge on any atom is 0.416 e. The fourth-order valence-electron chi connectivity index (χ4n) is 1.85. The minimum atomic E-state index is -4.49. The second kappa shape index (κ2) is 5.08. The lowest BCUT2D eigenvalue weighted by molar-refractivity contribution is -0.137. The minimum absolute atomic E-state index is 0.0569. The smallest absolute Gasteiger partial charge is 0.297 e. The lowest BCUT2D eigenvalue weighted by atomic mass is 9.92. The third-order valence-electron chi connectivity index (χ3n) is 3.15. The Kier molecular flexibility index (Phi) is 3.62. The van der Waals surface area contributed by atoms with Crippen molar-refractivity contribution >= 4 is 11.6 Å². The van der Waals surface area contributed by atoms with Gasteiger partial charge in [0.2, 0.25) is 0 Å². The number of rotatable bonds is 4. The van der Waals surface area contributed by atoms with Crippen LogP contribution < -0.4 is 0 Å². The van der Waals surface area contributed by atoms with Crippen LogP contribution in [0.15, 0.2) is 24.3 Å². The number of nitrogens with zero attached hydrogens (tertiary/aromatic N) is 1. The Bertz CT molecular complexity index is 580. The van der Waals surface area contributed by atoms with Crippen LogP contribution >= 0.6 is 0 Å². The summed E-state index contributed by atoms with van der Waals surface area (Å²) in [5, 5.41) is 8.92. The summed E-state index contributed by atoms with van der Waals surface area (Å²) >= 11 is 0. The number of benzene rings is 1. The second-order valence-electron chi connectivity index (χ2n) is 4.68. The van der Waals surface area contributed by atoms with E-state index < -0.39 is 29.2 Å². The van der Waals surface area contributed by atoms with Crippen LogP contribution in [0.1, 0.15) is 28.8 Å². The van der Waals surface area contributed by atoms with Gasteiger partial charge in [0, 0.05) is 11.5 Å². The molecule has 0 spiro atoms. The zero-order valence-corrected chi connectivity index (χ0v) is 10.3. The topological polar surface area (TPSA) is 57.9 Å². The highest BCUT2D eigenvalue weighted by molar-refractivity contribution is 6.13. The van der Waals surface area contributed by atoms with Gasteiger partial charge in [-0.15, -0.1) is 0 Å². The second-order valence-corrected chi connectivity index (χ2v) is 4.68. The van der Waals surface area contributed by atoms with E-state index in [0.29, 0.717) is 12.8 Å². The van der Waals surface area contributed by atoms with Gasteiger partial charge in [-0.1, -0.05) is 12.1 Å². The maximum absolute atomic E-state index is 12.4. The summed E-state index contributed by atoms with van der Waals surface area (Å²) in [7, 11) is 0. The average molecular weight is 281 g/mol. The molecule has 0 aliphatic heterocycles. The van der Waals surface area contributed by atoms with Gasteiger partial charge < -0.3 is 0 Å². The Labute approximate surface area is 113 Å². The van der Waals surface area contributed by atoms with E-state index in [1.54, 1.807) is 6.07 Å². The van der Waals surface area contributed by atoms with Gasteiger partial charge in [-0.05, 0) is 25.0 Å². The van der Waals surface area contributed by atoms with Gasteiger partial charge >= 0.3 is 6.18 Å². The monoisotopic (exact) mass is 281 g/mol. The van der Waals surface area contributed by atoms with Crippen LogP contribution in [0, 0.1) is 23.2 Å². The molecule has 6 heteroatoms. The van der Waals surface area contributed by atoms with Crippen LogP contribution in [-0.4, -0.2) is 11.6 Å². The molecule has 1 aliphatic rings. The molecule has 1 fully saturated rings. The quantitative estimate of drug-likeness (QED) is 0.629. The molecular weight excluding hydrogens is 271 g/mol. The number of nitriles is 1. The van der Waals surface area contributed by atoms with E-state index in [9.17, 15) is 22.8 Å². The summed E-state index contributed by atoms with van der Waals surface area (Å²) in [4.78, 5) is 23.7. The predicted octanol–water partition coefficient (Wildman–Crippen LogP) is 3.01. The molecule has 0 bridgehead atoms. The molecule has 3 nitrogen and oxygen atoms in total. The zero-order valence-electron chi connectivity index (χ0n) is 10.3. The van der Waals surface area contributed by atoms with Gasteiger partial charge in [-0.25, -0.2) is 0 Å². The van der Waals surface area contributed by atoms with Crippen LogP contribution in [0.2, 0.25) is 0 Å². The summed E-state index contributed by atoms with van der Waals surface area (Å²) < 4.78 is 37.2. The molecule has 1 atom stereocenters. The van der Waals surface area contributed by atoms with Crippen molar-refractivity contribution in [1.29, 1.82) is 5.26 Å². The first-order valence-electron chi connectivity index (χ1n) is 5.99. The Morgan fingerprint density at radius 3 is 2.15 bits per heavy atom. The molecule has 1 unspecified atom stereocenters. The van der Waals surface area contributed by atoms with Gasteiger partial charge in [0.1, 0.15) is 0 Å². The molecule has 20 heavy (non-hydrogen) atoms. The minimum Gasteiger partial charge on any atom is -0.297 e. The highest BCUT2D eigenvalue weighted by Crippen LogP contribution is 2.33. The van der Waals surface area contributed by atoms with Crippen LogP contribution in [0.25, 0.3) is 0 Å². The molecule has 0 amide bonds. The van der Waals surface area contributed by atoms with E-state index in [-0.39, 0.29) is 11.5 Å². The number of carbonyl (C=O) groups excluding carboxylic acids is 2. The fraction of sp³-hybridized carbons (Fsp3) is 0.357. The number of alkyl halides is 3. The van der Waals surface area contributed by atoms with Crippen molar-refractivity contribution in [2.75, 3.05) is 0 Å². The van der Waals surface area contributed by atoms with E-state index in [4.69, 9.17) is 5.26 Å². The summed E-state index contributed by atoms with van der Waals surface area (Å²) in [6, 6.07) is 5.17. The van der Waals surface area contributed by atoms with Gasteiger partial charge in [-0.3, -0.25) is 9.59 Å². The maximum atomic E-state index is 12.4. The van der Waals surface area contributed by atoms with Crippen molar-refractivity contribution in [3.63, 3.8) is 0 Å². The largest absolute Gasteiger partial charge is 0.416 e. The molecule has 1 saturated carbocycles. The normalized spacial score (nSPS) is 16.3. The molecular formula is C14H10F3NO2. The lowest BCUT2D eigenvalue weighted by Gasteiger charge is -2.09. The zero-order chi connectivity index (χ0) is 14.9. The SMILES string of the molecule is N#CC(C(=O)c1ccc(C(F)(F)F)cc1)C(=O)C1CC1. The van der Waals surface area contributed by atoms with Crippen LogP contribution in [0.5, 0.6) is 0 Å². The molecule has 0 saturated heterocycles. The summed E-state index contributed by atoms with van der Waals surface area (Å²) in [6.07, 6.45) is -3.16. The molecule has 2 rings (SSSR count). The van der Waals surface area contributed by atoms with Crippen LogP contribution in [0.4, 0.5) is 13.2 Å². The van der Waals surface area contributed by atoms with Crippen molar-refractivity contribution in [3.8, 4) is 6.07 Å². The molecule has 1 aromatic carbocycles. The number of carbonyl (C=O) groups is 2. The predicted molar refractivity (Wildman–Crippen MR) is 62.6 cm³/mol. The first-order chi connectivity index (χ1) is 9.34. The van der Waals surface area contributed by atoms with Crippen LogP contribution in [0.3, 0.4) is 0 Å². The molecule has 0 heterocycles. The van der Waals surface area contributed by atoms with Crippen molar-refractivity contribution in [3.05, 3.63) is 35.4 Å². The van der Waals surface area contributed by atoms with Crippen molar-refractivity contribution in [2.45, 2.75) is 19.0 Å². The summed E-state index contributed by atoms with van der Waals surface area (Å²) in [6.45, 7) is 0. The first kappa shape index (κ1) is 14.3. The highest BCUT2D eigenvalue weighted by Gasteiger charge is 2.39. The van der Waals surface area contributed by atoms with Gasteiger partial charge in [0.25, 0.3) is 0 Å². The molecule has 1 aliphatic carbocycles. The third kappa shape index (κ3) is 2.87. The van der Waals surface area contributed by atoms with Gasteiger partial charge in [0.05, 0.1) is 11.6 Å². The number of halogens is 3. The summed E-state index contributed by atoms with van der Waals surface area (Å²) in [5.41, 5.74) is -0.936. The lowest BCUT2D eigenvalue weighted by Crippen LogP contribution is -2.24. The fourth-order valence-corrected chi connectivity index (χ4v) is 1.85. The molecule has 0 radical (unpaired) electrons. The van der Waals surface area contributed by atoms with Crippen molar-refractivity contribution < 1.29 is 22.8 Å². The van der Waals surface area contributed by atoms with E-state index in [1.165, 1.54) is 0 Å². The Hall–Kier alpha value is -2.16. The molecule has 104 valence electrons. The van der Waals surface area contributed by atoms with Gasteiger partial charge in [0.15, 0.2) is 17.5 Å². The Balaban J connectivity index is 2.20. The standard InChI is InChI=1S/C14H10F3NO2/c15-14(16,17)10-5-3-9(4-6-10)13(20)11(7-18)12(19)8-1-2-8/h3-6,8,11H,1-2H2. The van der Waals surface area contributed by atoms with Gasteiger partial charge in [-0.2, -0.15) is 18.4 Å². The average Bonchev–Trinajstić information content (AvgIpc) is 3.22. The Morgan fingerprint density at radius 1 is 1.20 bits per heavy atom. The summed E-state index contributed by atoms with van der Waals surface area (Å²) in [5.74, 6) is -2.84. The number of hydrogen-bond acceptors (Lipinski definition) is 3. The number of hydrogen-bond donors (Lipinski definition) is 0. The highest BCUT2D eigenvalue weighted by atomic mass is 19.4. The molecule has 0 N–H and O–H groups in total. The Morgan fingerprint density at radius 2 is 1.75 bits per heavy atom. The van der Waals surface area contributed by atoms with E-state index in [1.807, 2.05) is 0 Å². The van der Waals surface area contributed by atoms with Crippen molar-refractivity contribution in [2.24, 2.45) is 11.8 Å². The molecule has 0 aromatic heterocycles. The third-order valence-corrected chi connectivity index (χ3v) is 3.15. The number of ketones is 2. The first-order valence-corrected chi connectivity index (χ1v) is 5.99. The van der Waals surface area contributed by atoms with E-state index in [2.05, 4.69) is 0 Å².